The fourth-order valence-corrected chi connectivity index (χ4v) is 3.25. The number of rotatable bonds is 3. The van der Waals surface area contributed by atoms with E-state index in [2.05, 4.69) is 4.99 Å². The summed E-state index contributed by atoms with van der Waals surface area (Å²) < 4.78 is 23.1. The van der Waals surface area contributed by atoms with Crippen molar-refractivity contribution in [1.29, 1.82) is 0 Å². The van der Waals surface area contributed by atoms with Crippen molar-refractivity contribution in [1.82, 2.24) is 0 Å². The molecule has 0 bridgehead atoms. The number of aliphatic hydroxyl groups is 1. The van der Waals surface area contributed by atoms with Crippen LogP contribution in [-0.4, -0.2) is 55.7 Å². The maximum absolute atomic E-state index is 10.7. The van der Waals surface area contributed by atoms with E-state index in [9.17, 15) is 5.11 Å². The van der Waals surface area contributed by atoms with Crippen LogP contribution in [0.25, 0.3) is 0 Å². The number of benzene rings is 2. The van der Waals surface area contributed by atoms with Crippen molar-refractivity contribution in [2.45, 2.75) is 30.6 Å². The van der Waals surface area contributed by atoms with Crippen LogP contribution in [0.2, 0.25) is 0 Å². The maximum atomic E-state index is 10.7. The first-order chi connectivity index (χ1) is 12.8. The van der Waals surface area contributed by atoms with E-state index < -0.39 is 30.6 Å². The maximum Gasteiger partial charge on any atom is 0.186 e. The Bertz CT molecular complexity index is 766. The van der Waals surface area contributed by atoms with Gasteiger partial charge in [-0.1, -0.05) is 42.5 Å². The largest absolute Gasteiger partial charge is 0.487 e. The van der Waals surface area contributed by atoms with Crippen molar-refractivity contribution < 1.29 is 24.1 Å². The number of hydrogen-bond donors (Lipinski definition) is 1. The molecule has 0 aromatic heterocycles. The minimum atomic E-state index is -0.952. The molecular formula is C20H21NO5. The van der Waals surface area contributed by atoms with E-state index in [1.54, 1.807) is 6.21 Å². The highest BCUT2D eigenvalue weighted by atomic mass is 16.7. The Morgan fingerprint density at radius 3 is 2.58 bits per heavy atom. The van der Waals surface area contributed by atoms with Crippen molar-refractivity contribution >= 4 is 6.21 Å². The Morgan fingerprint density at radius 2 is 1.81 bits per heavy atom. The monoisotopic (exact) mass is 355 g/mol. The fourth-order valence-electron chi connectivity index (χ4n) is 3.25. The molecular weight excluding hydrogens is 334 g/mol. The zero-order valence-corrected chi connectivity index (χ0v) is 14.4. The van der Waals surface area contributed by atoms with Crippen LogP contribution < -0.4 is 9.47 Å². The molecule has 1 N–H and O–H groups in total. The van der Waals surface area contributed by atoms with Gasteiger partial charge in [0.25, 0.3) is 0 Å². The fraction of sp³-hybridized carbons (Fsp3) is 0.350. The lowest BCUT2D eigenvalue weighted by Crippen LogP contribution is -2.60. The van der Waals surface area contributed by atoms with Crippen molar-refractivity contribution in [3.8, 4) is 11.5 Å². The molecule has 6 nitrogen and oxygen atoms in total. The van der Waals surface area contributed by atoms with Crippen LogP contribution in [0, 0.1) is 0 Å². The van der Waals surface area contributed by atoms with Crippen molar-refractivity contribution in [3.05, 3.63) is 60.2 Å². The molecule has 0 saturated carbocycles. The molecule has 136 valence electrons. The van der Waals surface area contributed by atoms with Crippen LogP contribution in [0.3, 0.4) is 0 Å². The predicted molar refractivity (Wildman–Crippen MR) is 95.9 cm³/mol. The lowest BCUT2D eigenvalue weighted by Gasteiger charge is -2.41. The van der Waals surface area contributed by atoms with Gasteiger partial charge in [-0.3, -0.25) is 4.99 Å². The summed E-state index contributed by atoms with van der Waals surface area (Å²) >= 11 is 0. The smallest absolute Gasteiger partial charge is 0.186 e. The molecule has 2 aromatic rings. The number of fused-ring (bicyclic) bond motifs is 2. The third kappa shape index (κ3) is 3.31. The molecule has 5 unspecified atom stereocenters. The molecule has 5 atom stereocenters. The van der Waals surface area contributed by atoms with Gasteiger partial charge >= 0.3 is 0 Å². The van der Waals surface area contributed by atoms with Crippen LogP contribution in [0.5, 0.6) is 11.5 Å². The summed E-state index contributed by atoms with van der Waals surface area (Å²) in [5.74, 6) is 1.27. The molecule has 2 heterocycles. The summed E-state index contributed by atoms with van der Waals surface area (Å²) in [7, 11) is 1.50. The van der Waals surface area contributed by atoms with E-state index in [0.29, 0.717) is 18.1 Å². The Morgan fingerprint density at radius 1 is 1.08 bits per heavy atom. The average molecular weight is 355 g/mol. The SMILES string of the molecule is COC1OC2COc3ccccc3OC2C(N=Cc2ccccc2)C1O. The van der Waals surface area contributed by atoms with Crippen LogP contribution in [0.4, 0.5) is 0 Å². The third-order valence-corrected chi connectivity index (χ3v) is 4.58. The van der Waals surface area contributed by atoms with Crippen LogP contribution >= 0.6 is 0 Å². The van der Waals surface area contributed by atoms with Crippen LogP contribution in [0.1, 0.15) is 5.56 Å². The minimum Gasteiger partial charge on any atom is -0.487 e. The first-order valence-electron chi connectivity index (χ1n) is 8.59. The van der Waals surface area contributed by atoms with E-state index in [1.165, 1.54) is 7.11 Å². The Labute approximate surface area is 152 Å². The summed E-state index contributed by atoms with van der Waals surface area (Å²) in [5, 5.41) is 10.7. The number of ether oxygens (including phenoxy) is 4. The highest BCUT2D eigenvalue weighted by Crippen LogP contribution is 2.36. The molecule has 4 rings (SSSR count). The highest BCUT2D eigenvalue weighted by molar-refractivity contribution is 5.79. The number of aliphatic hydroxyl groups excluding tert-OH is 1. The predicted octanol–water partition coefficient (Wildman–Crippen LogP) is 2.05. The van der Waals surface area contributed by atoms with Crippen molar-refractivity contribution in [2.24, 2.45) is 4.99 Å². The average Bonchev–Trinajstić information content (AvgIpc) is 2.87. The Kier molecular flexibility index (Phi) is 4.88. The van der Waals surface area contributed by atoms with E-state index in [4.69, 9.17) is 18.9 Å². The second kappa shape index (κ2) is 7.45. The van der Waals surface area contributed by atoms with Gasteiger partial charge in [0.15, 0.2) is 23.9 Å². The zero-order chi connectivity index (χ0) is 17.9. The Hall–Kier alpha value is -2.41. The number of para-hydroxylation sites is 2. The zero-order valence-electron chi connectivity index (χ0n) is 14.4. The van der Waals surface area contributed by atoms with Crippen LogP contribution in [-0.2, 0) is 9.47 Å². The molecule has 26 heavy (non-hydrogen) atoms. The van der Waals surface area contributed by atoms with Gasteiger partial charge in [0.1, 0.15) is 24.9 Å². The van der Waals surface area contributed by atoms with Gasteiger partial charge in [0.05, 0.1) is 0 Å². The summed E-state index contributed by atoms with van der Waals surface area (Å²) in [5.41, 5.74) is 0.946. The van der Waals surface area contributed by atoms with E-state index in [0.717, 1.165) is 5.56 Å². The summed E-state index contributed by atoms with van der Waals surface area (Å²) in [6.07, 6.45) is -0.896. The molecule has 2 aliphatic heterocycles. The standard InChI is InChI=1S/C20H21NO5/c1-23-20-18(22)17(21-11-13-7-3-2-4-8-13)19-16(26-20)12-24-14-9-5-6-10-15(14)25-19/h2-11,16-20,22H,12H2,1H3. The van der Waals surface area contributed by atoms with Crippen LogP contribution in [0.15, 0.2) is 59.6 Å². The van der Waals surface area contributed by atoms with Crippen molar-refractivity contribution in [3.63, 3.8) is 0 Å². The summed E-state index contributed by atoms with van der Waals surface area (Å²) in [6.45, 7) is 0.297. The Balaban J connectivity index is 1.65. The van der Waals surface area contributed by atoms with Gasteiger partial charge in [-0.15, -0.1) is 0 Å². The first-order valence-corrected chi connectivity index (χ1v) is 8.59. The highest BCUT2D eigenvalue weighted by Gasteiger charge is 2.48. The van der Waals surface area contributed by atoms with Gasteiger partial charge in [-0.05, 0) is 17.7 Å². The molecule has 0 radical (unpaired) electrons. The second-order valence-electron chi connectivity index (χ2n) is 6.29. The molecule has 0 aliphatic carbocycles. The lowest BCUT2D eigenvalue weighted by molar-refractivity contribution is -0.259. The van der Waals surface area contributed by atoms with E-state index in [1.807, 2.05) is 54.6 Å². The minimum absolute atomic E-state index is 0.297. The van der Waals surface area contributed by atoms with Gasteiger partial charge in [-0.25, -0.2) is 0 Å². The second-order valence-corrected chi connectivity index (χ2v) is 6.29. The van der Waals surface area contributed by atoms with Gasteiger partial charge in [-0.2, -0.15) is 0 Å². The third-order valence-electron chi connectivity index (χ3n) is 4.58. The molecule has 0 amide bonds. The summed E-state index contributed by atoms with van der Waals surface area (Å²) in [6, 6.07) is 16.6. The number of methoxy groups -OCH3 is 1. The lowest BCUT2D eigenvalue weighted by atomic mass is 9.96. The molecule has 2 aliphatic rings. The van der Waals surface area contributed by atoms with E-state index >= 15 is 0 Å². The number of hydrogen-bond acceptors (Lipinski definition) is 6. The van der Waals surface area contributed by atoms with Gasteiger partial charge in [0, 0.05) is 13.3 Å². The van der Waals surface area contributed by atoms with E-state index in [-0.39, 0.29) is 0 Å². The quantitative estimate of drug-likeness (QED) is 0.854. The normalized spacial score (nSPS) is 30.6. The number of nitrogens with zero attached hydrogens (tertiary/aromatic N) is 1. The first kappa shape index (κ1) is 17.0. The molecule has 0 spiro atoms. The molecule has 6 heteroatoms. The van der Waals surface area contributed by atoms with Gasteiger partial charge in [0.2, 0.25) is 0 Å². The number of aliphatic imine (C=N–C) groups is 1. The summed E-state index contributed by atoms with van der Waals surface area (Å²) in [4.78, 5) is 4.62. The van der Waals surface area contributed by atoms with Gasteiger partial charge < -0.3 is 24.1 Å². The topological polar surface area (TPSA) is 69.5 Å². The molecule has 1 saturated heterocycles. The molecule has 1 fully saturated rings. The van der Waals surface area contributed by atoms with Crippen molar-refractivity contribution in [2.75, 3.05) is 13.7 Å². The molecule has 2 aromatic carbocycles.